The highest BCUT2D eigenvalue weighted by Gasteiger charge is 2.42. The minimum atomic E-state index is -3.10. The van der Waals surface area contributed by atoms with Crippen LogP contribution in [-0.2, 0) is 14.6 Å². The van der Waals surface area contributed by atoms with Crippen LogP contribution >= 0.6 is 0 Å². The van der Waals surface area contributed by atoms with Crippen LogP contribution in [0.5, 0.6) is 0 Å². The first kappa shape index (κ1) is 17.9. The molecule has 0 spiro atoms. The number of carbonyl (C=O) groups is 1. The number of likely N-dealkylation sites (tertiary alicyclic amines) is 1. The van der Waals surface area contributed by atoms with E-state index in [-0.39, 0.29) is 29.4 Å². The van der Waals surface area contributed by atoms with Crippen LogP contribution in [0.1, 0.15) is 31.7 Å². The van der Waals surface area contributed by atoms with Gasteiger partial charge in [-0.15, -0.1) is 0 Å². The molecule has 1 saturated heterocycles. The van der Waals surface area contributed by atoms with Crippen molar-refractivity contribution in [2.75, 3.05) is 25.1 Å². The van der Waals surface area contributed by atoms with Gasteiger partial charge in [0.25, 0.3) is 0 Å². The number of amides is 1. The van der Waals surface area contributed by atoms with Crippen LogP contribution in [0.15, 0.2) is 30.3 Å². The zero-order chi connectivity index (χ0) is 17.3. The number of carbonyl (C=O) groups excluding carboxylic acids is 1. The summed E-state index contributed by atoms with van der Waals surface area (Å²) < 4.78 is 22.5. The summed E-state index contributed by atoms with van der Waals surface area (Å²) in [6.45, 7) is 5.57. The molecule has 1 heterocycles. The molecule has 128 valence electrons. The molecule has 0 radical (unpaired) electrons. The largest absolute Gasteiger partial charge is 0.340 e. The van der Waals surface area contributed by atoms with Crippen molar-refractivity contribution in [3.8, 4) is 0 Å². The van der Waals surface area contributed by atoms with Crippen LogP contribution in [0.4, 0.5) is 0 Å². The highest BCUT2D eigenvalue weighted by atomic mass is 32.2. The molecule has 1 aromatic carbocycles. The summed E-state index contributed by atoms with van der Waals surface area (Å²) in [5.41, 5.74) is 7.11. The van der Waals surface area contributed by atoms with Gasteiger partial charge in [0.2, 0.25) is 5.91 Å². The average Bonchev–Trinajstić information content (AvgIpc) is 2.79. The summed E-state index contributed by atoms with van der Waals surface area (Å²) in [5, 5.41) is 0. The van der Waals surface area contributed by atoms with Gasteiger partial charge in [0.1, 0.15) is 9.84 Å². The zero-order valence-electron chi connectivity index (χ0n) is 14.0. The van der Waals surface area contributed by atoms with E-state index in [0.717, 1.165) is 6.26 Å². The molecule has 0 aromatic heterocycles. The summed E-state index contributed by atoms with van der Waals surface area (Å²) in [6.07, 6.45) is 1.33. The van der Waals surface area contributed by atoms with Gasteiger partial charge in [-0.05, 0) is 17.4 Å². The van der Waals surface area contributed by atoms with Crippen LogP contribution in [-0.4, -0.2) is 50.4 Å². The molecule has 2 N–H and O–H groups in total. The second kappa shape index (κ2) is 6.61. The molecule has 0 bridgehead atoms. The fraction of sp³-hybridized carbons (Fsp3) is 0.588. The second-order valence-corrected chi connectivity index (χ2v) is 9.46. The van der Waals surface area contributed by atoms with Crippen molar-refractivity contribution >= 4 is 15.7 Å². The molecule has 1 fully saturated rings. The smallest absolute Gasteiger partial charge is 0.239 e. The predicted molar refractivity (Wildman–Crippen MR) is 91.8 cm³/mol. The number of hydrogen-bond acceptors (Lipinski definition) is 4. The van der Waals surface area contributed by atoms with E-state index in [1.54, 1.807) is 4.90 Å². The summed E-state index contributed by atoms with van der Waals surface area (Å²) in [6, 6.07) is 9.42. The molecule has 2 unspecified atom stereocenters. The van der Waals surface area contributed by atoms with E-state index in [2.05, 4.69) is 26.0 Å². The highest BCUT2D eigenvalue weighted by Crippen LogP contribution is 2.42. The number of nitrogens with zero attached hydrogens (tertiary/aromatic N) is 1. The molecule has 6 heteroatoms. The maximum atomic E-state index is 12.5. The third-order valence-corrected chi connectivity index (χ3v) is 5.55. The van der Waals surface area contributed by atoms with Crippen molar-refractivity contribution < 1.29 is 13.2 Å². The summed E-state index contributed by atoms with van der Waals surface area (Å²) in [5.74, 6) is 0.0501. The van der Waals surface area contributed by atoms with Crippen LogP contribution < -0.4 is 5.73 Å². The van der Waals surface area contributed by atoms with E-state index >= 15 is 0 Å². The fourth-order valence-electron chi connectivity index (χ4n) is 3.24. The molecular weight excluding hydrogens is 312 g/mol. The molecule has 2 atom stereocenters. The van der Waals surface area contributed by atoms with Gasteiger partial charge < -0.3 is 10.6 Å². The molecule has 1 aromatic rings. The Hall–Kier alpha value is -1.40. The van der Waals surface area contributed by atoms with Gasteiger partial charge in [-0.3, -0.25) is 4.79 Å². The van der Waals surface area contributed by atoms with E-state index < -0.39 is 15.9 Å². The number of nitrogens with two attached hydrogens (primary N) is 1. The van der Waals surface area contributed by atoms with Crippen molar-refractivity contribution in [2.24, 2.45) is 11.1 Å². The van der Waals surface area contributed by atoms with Crippen molar-refractivity contribution in [3.05, 3.63) is 35.9 Å². The van der Waals surface area contributed by atoms with E-state index in [4.69, 9.17) is 5.73 Å². The molecule has 1 aliphatic heterocycles. The zero-order valence-corrected chi connectivity index (χ0v) is 14.8. The third kappa shape index (κ3) is 4.54. The SMILES string of the molecule is CC1(C)CN(C(=O)C(N)CCS(C)(=O)=O)CC1c1ccccc1. The highest BCUT2D eigenvalue weighted by molar-refractivity contribution is 7.90. The number of benzene rings is 1. The molecule has 0 aliphatic carbocycles. The van der Waals surface area contributed by atoms with Crippen molar-refractivity contribution in [2.45, 2.75) is 32.2 Å². The van der Waals surface area contributed by atoms with Crippen LogP contribution in [0, 0.1) is 5.41 Å². The van der Waals surface area contributed by atoms with Crippen molar-refractivity contribution in [3.63, 3.8) is 0 Å². The Labute approximate surface area is 138 Å². The minimum absolute atomic E-state index is 0.0342. The van der Waals surface area contributed by atoms with Gasteiger partial charge in [0.05, 0.1) is 11.8 Å². The Bertz CT molecular complexity index is 656. The first-order valence-corrected chi connectivity index (χ1v) is 9.93. The molecule has 2 rings (SSSR count). The van der Waals surface area contributed by atoms with Crippen LogP contribution in [0.25, 0.3) is 0 Å². The number of hydrogen-bond donors (Lipinski definition) is 1. The quantitative estimate of drug-likeness (QED) is 0.880. The van der Waals surface area contributed by atoms with Crippen LogP contribution in [0.3, 0.4) is 0 Å². The Balaban J connectivity index is 2.06. The summed E-state index contributed by atoms with van der Waals surface area (Å²) in [7, 11) is -3.10. The standard InChI is InChI=1S/C17H26N2O3S/c1-17(2)12-19(11-14(17)13-7-5-4-6-8-13)16(20)15(18)9-10-23(3,21)22/h4-8,14-15H,9-12,18H2,1-3H3. The lowest BCUT2D eigenvalue weighted by Gasteiger charge is -2.25. The Morgan fingerprint density at radius 1 is 1.35 bits per heavy atom. The van der Waals surface area contributed by atoms with Crippen LogP contribution in [0.2, 0.25) is 0 Å². The van der Waals surface area contributed by atoms with E-state index in [9.17, 15) is 13.2 Å². The molecule has 1 amide bonds. The van der Waals surface area contributed by atoms with Gasteiger partial charge in [0, 0.05) is 25.3 Å². The Morgan fingerprint density at radius 2 is 1.96 bits per heavy atom. The summed E-state index contributed by atoms with van der Waals surface area (Å²) in [4.78, 5) is 14.3. The predicted octanol–water partition coefficient (Wildman–Crippen LogP) is 1.40. The van der Waals surface area contributed by atoms with E-state index in [1.807, 2.05) is 18.2 Å². The molecule has 5 nitrogen and oxygen atoms in total. The van der Waals surface area contributed by atoms with Gasteiger partial charge in [-0.25, -0.2) is 8.42 Å². The average molecular weight is 338 g/mol. The van der Waals surface area contributed by atoms with E-state index in [1.165, 1.54) is 5.56 Å². The maximum Gasteiger partial charge on any atom is 0.239 e. The molecule has 1 aliphatic rings. The third-order valence-electron chi connectivity index (χ3n) is 4.58. The minimum Gasteiger partial charge on any atom is -0.340 e. The van der Waals surface area contributed by atoms with Crippen molar-refractivity contribution in [1.82, 2.24) is 4.90 Å². The molecular formula is C17H26N2O3S. The van der Waals surface area contributed by atoms with Gasteiger partial charge in [0.15, 0.2) is 0 Å². The molecule has 23 heavy (non-hydrogen) atoms. The lowest BCUT2D eigenvalue weighted by molar-refractivity contribution is -0.131. The van der Waals surface area contributed by atoms with Crippen molar-refractivity contribution in [1.29, 1.82) is 0 Å². The fourth-order valence-corrected chi connectivity index (χ4v) is 3.93. The van der Waals surface area contributed by atoms with Gasteiger partial charge in [-0.1, -0.05) is 44.2 Å². The first-order chi connectivity index (χ1) is 10.6. The lowest BCUT2D eigenvalue weighted by atomic mass is 9.78. The first-order valence-electron chi connectivity index (χ1n) is 7.87. The van der Waals surface area contributed by atoms with Gasteiger partial charge in [-0.2, -0.15) is 0 Å². The normalized spacial score (nSPS) is 22.1. The van der Waals surface area contributed by atoms with Gasteiger partial charge >= 0.3 is 0 Å². The molecule has 0 saturated carbocycles. The number of rotatable bonds is 5. The Morgan fingerprint density at radius 3 is 2.52 bits per heavy atom. The lowest BCUT2D eigenvalue weighted by Crippen LogP contribution is -2.44. The second-order valence-electron chi connectivity index (χ2n) is 7.20. The Kier molecular flexibility index (Phi) is 5.16. The number of sulfone groups is 1. The summed E-state index contributed by atoms with van der Waals surface area (Å²) >= 11 is 0. The topological polar surface area (TPSA) is 80.5 Å². The monoisotopic (exact) mass is 338 g/mol. The maximum absolute atomic E-state index is 12.5. The van der Waals surface area contributed by atoms with E-state index in [0.29, 0.717) is 13.1 Å².